The van der Waals surface area contributed by atoms with Crippen molar-refractivity contribution in [3.8, 4) is 0 Å². The maximum absolute atomic E-state index is 5.70. The minimum atomic E-state index is 0.371. The summed E-state index contributed by atoms with van der Waals surface area (Å²) in [5.74, 6) is 1.73. The minimum Gasteiger partial charge on any atom is -0.369 e. The normalized spacial score (nSPS) is 12.9. The first kappa shape index (κ1) is 10.3. The van der Waals surface area contributed by atoms with Gasteiger partial charge in [-0.25, -0.2) is 4.98 Å². The zero-order chi connectivity index (χ0) is 10.7. The van der Waals surface area contributed by atoms with Crippen molar-refractivity contribution in [2.24, 2.45) is 0 Å². The lowest BCUT2D eigenvalue weighted by atomic mass is 10.2. The molecule has 2 heterocycles. The Morgan fingerprint density at radius 2 is 2.40 bits per heavy atom. The van der Waals surface area contributed by atoms with Crippen LogP contribution in [0.15, 0.2) is 30.6 Å². The van der Waals surface area contributed by atoms with Crippen LogP contribution in [0.5, 0.6) is 0 Å². The van der Waals surface area contributed by atoms with Crippen LogP contribution in [0.25, 0.3) is 5.65 Å². The molecule has 0 aliphatic carbocycles. The molecule has 0 aliphatic heterocycles. The number of imidazole rings is 1. The summed E-state index contributed by atoms with van der Waals surface area (Å²) in [5, 5.41) is 3.41. The third kappa shape index (κ3) is 2.23. The molecule has 0 bridgehead atoms. The lowest BCUT2D eigenvalue weighted by Crippen LogP contribution is -2.17. The first-order valence-electron chi connectivity index (χ1n) is 5.06. The number of nitrogens with zero attached hydrogens (tertiary/aromatic N) is 2. The molecule has 1 N–H and O–H groups in total. The number of nitrogens with one attached hydrogen (secondary N) is 1. The highest BCUT2D eigenvalue weighted by Gasteiger charge is 2.04. The molecule has 0 amide bonds. The van der Waals surface area contributed by atoms with E-state index < -0.39 is 0 Å². The summed E-state index contributed by atoms with van der Waals surface area (Å²) in [7, 11) is 0. The van der Waals surface area contributed by atoms with Crippen molar-refractivity contribution < 1.29 is 0 Å². The van der Waals surface area contributed by atoms with Crippen molar-refractivity contribution in [2.45, 2.75) is 19.4 Å². The molecule has 3 nitrogen and oxygen atoms in total. The molecule has 80 valence electrons. The topological polar surface area (TPSA) is 29.3 Å². The largest absolute Gasteiger partial charge is 0.369 e. The number of anilines is 1. The van der Waals surface area contributed by atoms with Gasteiger partial charge in [-0.05, 0) is 25.5 Å². The van der Waals surface area contributed by atoms with Gasteiger partial charge < -0.3 is 5.32 Å². The Morgan fingerprint density at radius 1 is 1.53 bits per heavy atom. The van der Waals surface area contributed by atoms with Gasteiger partial charge in [0.15, 0.2) is 0 Å². The predicted octanol–water partition coefficient (Wildman–Crippen LogP) is 2.76. The van der Waals surface area contributed by atoms with Gasteiger partial charge in [0.1, 0.15) is 11.5 Å². The van der Waals surface area contributed by atoms with Gasteiger partial charge in [-0.15, -0.1) is 11.6 Å². The molecule has 2 aromatic rings. The van der Waals surface area contributed by atoms with Gasteiger partial charge in [0, 0.05) is 24.3 Å². The lowest BCUT2D eigenvalue weighted by molar-refractivity contribution is 0.761. The number of rotatable bonds is 4. The third-order valence-corrected chi connectivity index (χ3v) is 2.58. The molecule has 15 heavy (non-hydrogen) atoms. The van der Waals surface area contributed by atoms with Crippen molar-refractivity contribution in [3.63, 3.8) is 0 Å². The van der Waals surface area contributed by atoms with E-state index in [4.69, 9.17) is 11.6 Å². The van der Waals surface area contributed by atoms with Gasteiger partial charge in [-0.3, -0.25) is 4.40 Å². The molecule has 0 fully saturated rings. The van der Waals surface area contributed by atoms with Crippen LogP contribution >= 0.6 is 11.6 Å². The molecule has 0 spiro atoms. The molecule has 2 rings (SSSR count). The van der Waals surface area contributed by atoms with Crippen molar-refractivity contribution in [3.05, 3.63) is 30.6 Å². The van der Waals surface area contributed by atoms with Crippen LogP contribution in [-0.4, -0.2) is 21.3 Å². The second kappa shape index (κ2) is 4.53. The van der Waals surface area contributed by atoms with Gasteiger partial charge >= 0.3 is 0 Å². The summed E-state index contributed by atoms with van der Waals surface area (Å²) < 4.78 is 2.03. The second-order valence-corrected chi connectivity index (χ2v) is 3.97. The van der Waals surface area contributed by atoms with E-state index in [-0.39, 0.29) is 0 Å². The highest BCUT2D eigenvalue weighted by molar-refractivity contribution is 6.17. The summed E-state index contributed by atoms with van der Waals surface area (Å²) in [4.78, 5) is 4.23. The van der Waals surface area contributed by atoms with E-state index in [1.54, 1.807) is 6.20 Å². The number of hydrogen-bond donors (Lipinski definition) is 1. The Morgan fingerprint density at radius 3 is 3.20 bits per heavy atom. The Kier molecular flexibility index (Phi) is 3.11. The molecule has 0 saturated carbocycles. The van der Waals surface area contributed by atoms with E-state index >= 15 is 0 Å². The van der Waals surface area contributed by atoms with Gasteiger partial charge in [0.05, 0.1) is 0 Å². The fourth-order valence-corrected chi connectivity index (χ4v) is 1.88. The molecule has 1 unspecified atom stereocenters. The van der Waals surface area contributed by atoms with Crippen LogP contribution in [0, 0.1) is 0 Å². The van der Waals surface area contributed by atoms with Gasteiger partial charge in [-0.1, -0.05) is 6.07 Å². The van der Waals surface area contributed by atoms with Crippen molar-refractivity contribution in [1.82, 2.24) is 9.38 Å². The van der Waals surface area contributed by atoms with E-state index in [0.29, 0.717) is 11.9 Å². The molecular weight excluding hydrogens is 210 g/mol. The molecule has 0 radical (unpaired) electrons. The molecule has 1 atom stereocenters. The quantitative estimate of drug-likeness (QED) is 0.808. The van der Waals surface area contributed by atoms with Crippen LogP contribution in [0.3, 0.4) is 0 Å². The summed E-state index contributed by atoms with van der Waals surface area (Å²) >= 11 is 5.70. The Balaban J connectivity index is 2.23. The average Bonchev–Trinajstić information content (AvgIpc) is 2.67. The van der Waals surface area contributed by atoms with Gasteiger partial charge in [-0.2, -0.15) is 0 Å². The SMILES string of the molecule is CC(CCCl)Nc1cccc2nccn12. The van der Waals surface area contributed by atoms with E-state index in [1.165, 1.54) is 0 Å². The van der Waals surface area contributed by atoms with Gasteiger partial charge in [0.25, 0.3) is 0 Å². The summed E-state index contributed by atoms with van der Waals surface area (Å²) in [6.07, 6.45) is 4.70. The van der Waals surface area contributed by atoms with Crippen molar-refractivity contribution in [2.75, 3.05) is 11.2 Å². The van der Waals surface area contributed by atoms with Crippen LogP contribution in [-0.2, 0) is 0 Å². The number of alkyl halides is 1. The summed E-state index contributed by atoms with van der Waals surface area (Å²) in [6.45, 7) is 2.12. The number of halogens is 1. The standard InChI is InChI=1S/C11H14ClN3/c1-9(5-6-12)14-11-4-2-3-10-13-7-8-15(10)11/h2-4,7-9,14H,5-6H2,1H3. The number of pyridine rings is 1. The number of hydrogen-bond acceptors (Lipinski definition) is 2. The van der Waals surface area contributed by atoms with Crippen LogP contribution in [0.1, 0.15) is 13.3 Å². The molecule has 4 heteroatoms. The van der Waals surface area contributed by atoms with E-state index in [0.717, 1.165) is 17.9 Å². The van der Waals surface area contributed by atoms with Crippen LogP contribution < -0.4 is 5.32 Å². The van der Waals surface area contributed by atoms with Crippen LogP contribution in [0.2, 0.25) is 0 Å². The Hall–Kier alpha value is -1.22. The minimum absolute atomic E-state index is 0.371. The van der Waals surface area contributed by atoms with Crippen molar-refractivity contribution >= 4 is 23.1 Å². The Labute approximate surface area is 94.1 Å². The van der Waals surface area contributed by atoms with Gasteiger partial charge in [0.2, 0.25) is 0 Å². The monoisotopic (exact) mass is 223 g/mol. The Bertz CT molecular complexity index is 438. The second-order valence-electron chi connectivity index (χ2n) is 3.59. The predicted molar refractivity (Wildman–Crippen MR) is 63.6 cm³/mol. The first-order valence-corrected chi connectivity index (χ1v) is 5.59. The summed E-state index contributed by atoms with van der Waals surface area (Å²) in [6, 6.07) is 6.39. The fraction of sp³-hybridized carbons (Fsp3) is 0.364. The van der Waals surface area contributed by atoms with Crippen molar-refractivity contribution in [1.29, 1.82) is 0 Å². The number of aromatic nitrogens is 2. The molecular formula is C11H14ClN3. The molecule has 2 aromatic heterocycles. The lowest BCUT2D eigenvalue weighted by Gasteiger charge is -2.14. The van der Waals surface area contributed by atoms with E-state index in [1.807, 2.05) is 28.8 Å². The highest BCUT2D eigenvalue weighted by Crippen LogP contribution is 2.12. The zero-order valence-electron chi connectivity index (χ0n) is 8.65. The molecule has 0 aromatic carbocycles. The van der Waals surface area contributed by atoms with E-state index in [9.17, 15) is 0 Å². The third-order valence-electron chi connectivity index (χ3n) is 2.36. The fourth-order valence-electron chi connectivity index (χ4n) is 1.55. The maximum atomic E-state index is 5.70. The number of fused-ring (bicyclic) bond motifs is 1. The first-order chi connectivity index (χ1) is 7.31. The van der Waals surface area contributed by atoms with Crippen LogP contribution in [0.4, 0.5) is 5.82 Å². The average molecular weight is 224 g/mol. The highest BCUT2D eigenvalue weighted by atomic mass is 35.5. The summed E-state index contributed by atoms with van der Waals surface area (Å²) in [5.41, 5.74) is 0.957. The zero-order valence-corrected chi connectivity index (χ0v) is 9.41. The molecule has 0 aliphatic rings. The maximum Gasteiger partial charge on any atom is 0.138 e. The smallest absolute Gasteiger partial charge is 0.138 e. The molecule has 0 saturated heterocycles. The van der Waals surface area contributed by atoms with E-state index in [2.05, 4.69) is 17.2 Å².